The SMILES string of the molecule is CC(CC1CCCCN1)NCC1CN(C)CCO1. The van der Waals surface area contributed by atoms with Gasteiger partial charge in [-0.25, -0.2) is 0 Å². The van der Waals surface area contributed by atoms with E-state index in [1.54, 1.807) is 0 Å². The van der Waals surface area contributed by atoms with Gasteiger partial charge in [0, 0.05) is 31.7 Å². The highest BCUT2D eigenvalue weighted by molar-refractivity contribution is 4.79. The summed E-state index contributed by atoms with van der Waals surface area (Å²) in [5.74, 6) is 0. The number of piperidine rings is 1. The smallest absolute Gasteiger partial charge is 0.0826 e. The number of likely N-dealkylation sites (N-methyl/N-ethyl adjacent to an activating group) is 1. The Kier molecular flexibility index (Phi) is 5.89. The molecule has 4 nitrogen and oxygen atoms in total. The molecule has 0 spiro atoms. The Labute approximate surface area is 111 Å². The van der Waals surface area contributed by atoms with Crippen LogP contribution in [0.5, 0.6) is 0 Å². The van der Waals surface area contributed by atoms with Crippen molar-refractivity contribution in [1.29, 1.82) is 0 Å². The van der Waals surface area contributed by atoms with Crippen LogP contribution in [0.3, 0.4) is 0 Å². The molecule has 3 atom stereocenters. The Bertz CT molecular complexity index is 231. The first kappa shape index (κ1) is 14.3. The molecule has 18 heavy (non-hydrogen) atoms. The molecule has 0 radical (unpaired) electrons. The molecule has 2 heterocycles. The fraction of sp³-hybridized carbons (Fsp3) is 1.00. The third-order valence-corrected chi connectivity index (χ3v) is 4.09. The molecule has 0 saturated carbocycles. The van der Waals surface area contributed by atoms with Crippen molar-refractivity contribution < 1.29 is 4.74 Å². The highest BCUT2D eigenvalue weighted by atomic mass is 16.5. The van der Waals surface area contributed by atoms with Crippen molar-refractivity contribution in [1.82, 2.24) is 15.5 Å². The third kappa shape index (κ3) is 4.84. The molecule has 2 rings (SSSR count). The Balaban J connectivity index is 1.60. The third-order valence-electron chi connectivity index (χ3n) is 4.09. The van der Waals surface area contributed by atoms with E-state index in [0.29, 0.717) is 12.1 Å². The zero-order valence-electron chi connectivity index (χ0n) is 12.0. The molecule has 2 aliphatic rings. The molecule has 0 bridgehead atoms. The van der Waals surface area contributed by atoms with Gasteiger partial charge in [0.1, 0.15) is 0 Å². The predicted molar refractivity (Wildman–Crippen MR) is 75.0 cm³/mol. The number of ether oxygens (including phenoxy) is 1. The number of hydrogen-bond acceptors (Lipinski definition) is 4. The number of nitrogens with zero attached hydrogens (tertiary/aromatic N) is 1. The van der Waals surface area contributed by atoms with Gasteiger partial charge in [-0.2, -0.15) is 0 Å². The first-order valence-corrected chi connectivity index (χ1v) is 7.51. The van der Waals surface area contributed by atoms with Gasteiger partial charge in [0.05, 0.1) is 12.7 Å². The van der Waals surface area contributed by atoms with Gasteiger partial charge in [-0.05, 0) is 39.8 Å². The summed E-state index contributed by atoms with van der Waals surface area (Å²) in [6, 6.07) is 1.30. The van der Waals surface area contributed by atoms with E-state index in [1.165, 1.54) is 32.2 Å². The summed E-state index contributed by atoms with van der Waals surface area (Å²) >= 11 is 0. The van der Waals surface area contributed by atoms with E-state index in [2.05, 4.69) is 29.5 Å². The molecule has 0 aromatic rings. The minimum atomic E-state index is 0.366. The molecule has 4 heteroatoms. The highest BCUT2D eigenvalue weighted by Crippen LogP contribution is 2.12. The molecular formula is C14H29N3O. The zero-order valence-corrected chi connectivity index (χ0v) is 12.0. The second kappa shape index (κ2) is 7.43. The summed E-state index contributed by atoms with van der Waals surface area (Å²) in [6.45, 7) is 7.48. The van der Waals surface area contributed by atoms with Crippen LogP contribution in [0, 0.1) is 0 Å². The van der Waals surface area contributed by atoms with E-state index in [0.717, 1.165) is 32.3 Å². The highest BCUT2D eigenvalue weighted by Gasteiger charge is 2.19. The molecule has 2 saturated heterocycles. The Morgan fingerprint density at radius 1 is 1.44 bits per heavy atom. The zero-order chi connectivity index (χ0) is 12.8. The van der Waals surface area contributed by atoms with Gasteiger partial charge in [0.25, 0.3) is 0 Å². The van der Waals surface area contributed by atoms with Crippen molar-refractivity contribution in [3.05, 3.63) is 0 Å². The topological polar surface area (TPSA) is 36.5 Å². The van der Waals surface area contributed by atoms with Crippen molar-refractivity contribution in [3.63, 3.8) is 0 Å². The van der Waals surface area contributed by atoms with Crippen LogP contribution in [0.2, 0.25) is 0 Å². The lowest BCUT2D eigenvalue weighted by Gasteiger charge is -2.32. The van der Waals surface area contributed by atoms with Crippen molar-refractivity contribution in [2.45, 2.75) is 50.8 Å². The summed E-state index contributed by atoms with van der Waals surface area (Å²) in [5, 5.41) is 7.24. The lowest BCUT2D eigenvalue weighted by molar-refractivity contribution is -0.0192. The van der Waals surface area contributed by atoms with E-state index in [1.807, 2.05) is 0 Å². The molecule has 0 aromatic carbocycles. The average molecular weight is 255 g/mol. The largest absolute Gasteiger partial charge is 0.374 e. The van der Waals surface area contributed by atoms with Gasteiger partial charge in [0.2, 0.25) is 0 Å². The lowest BCUT2D eigenvalue weighted by Crippen LogP contribution is -2.47. The Morgan fingerprint density at radius 2 is 2.33 bits per heavy atom. The molecule has 106 valence electrons. The Hall–Kier alpha value is -0.160. The monoisotopic (exact) mass is 255 g/mol. The molecule has 0 amide bonds. The summed E-state index contributed by atoms with van der Waals surface area (Å²) in [5.41, 5.74) is 0. The van der Waals surface area contributed by atoms with E-state index in [-0.39, 0.29) is 0 Å². The Morgan fingerprint density at radius 3 is 3.06 bits per heavy atom. The number of rotatable bonds is 5. The van der Waals surface area contributed by atoms with E-state index < -0.39 is 0 Å². The first-order valence-electron chi connectivity index (χ1n) is 7.51. The average Bonchev–Trinajstić information content (AvgIpc) is 2.38. The van der Waals surface area contributed by atoms with Crippen molar-refractivity contribution in [2.75, 3.05) is 39.8 Å². The molecule has 2 N–H and O–H groups in total. The van der Waals surface area contributed by atoms with Crippen LogP contribution in [0.4, 0.5) is 0 Å². The maximum Gasteiger partial charge on any atom is 0.0826 e. The van der Waals surface area contributed by atoms with Crippen LogP contribution >= 0.6 is 0 Å². The summed E-state index contributed by atoms with van der Waals surface area (Å²) in [4.78, 5) is 2.35. The summed E-state index contributed by atoms with van der Waals surface area (Å²) < 4.78 is 5.77. The van der Waals surface area contributed by atoms with E-state index in [9.17, 15) is 0 Å². The van der Waals surface area contributed by atoms with Gasteiger partial charge in [0.15, 0.2) is 0 Å². The quantitative estimate of drug-likeness (QED) is 0.763. The number of hydrogen-bond donors (Lipinski definition) is 2. The second-order valence-corrected chi connectivity index (χ2v) is 5.95. The second-order valence-electron chi connectivity index (χ2n) is 5.95. The normalized spacial score (nSPS) is 32.3. The van der Waals surface area contributed by atoms with Gasteiger partial charge in [-0.3, -0.25) is 0 Å². The standard InChI is InChI=1S/C14H29N3O/c1-12(9-13-5-3-4-6-15-13)16-10-14-11-17(2)7-8-18-14/h12-16H,3-11H2,1-2H3. The van der Waals surface area contributed by atoms with Crippen LogP contribution in [0.15, 0.2) is 0 Å². The number of morpholine rings is 1. The lowest BCUT2D eigenvalue weighted by atomic mass is 9.99. The molecule has 2 fully saturated rings. The summed E-state index contributed by atoms with van der Waals surface area (Å²) in [7, 11) is 2.17. The van der Waals surface area contributed by atoms with E-state index >= 15 is 0 Å². The van der Waals surface area contributed by atoms with Gasteiger partial charge in [-0.1, -0.05) is 6.42 Å². The minimum absolute atomic E-state index is 0.366. The van der Waals surface area contributed by atoms with Gasteiger partial charge >= 0.3 is 0 Å². The van der Waals surface area contributed by atoms with Crippen molar-refractivity contribution in [3.8, 4) is 0 Å². The maximum absolute atomic E-state index is 5.77. The molecule has 0 aliphatic carbocycles. The van der Waals surface area contributed by atoms with Crippen LogP contribution < -0.4 is 10.6 Å². The fourth-order valence-electron chi connectivity index (χ4n) is 2.96. The maximum atomic E-state index is 5.77. The van der Waals surface area contributed by atoms with Gasteiger partial charge < -0.3 is 20.3 Å². The molecular weight excluding hydrogens is 226 g/mol. The van der Waals surface area contributed by atoms with Crippen LogP contribution in [-0.2, 0) is 4.74 Å². The fourth-order valence-corrected chi connectivity index (χ4v) is 2.96. The molecule has 0 aromatic heterocycles. The number of nitrogens with one attached hydrogen (secondary N) is 2. The van der Waals surface area contributed by atoms with Crippen LogP contribution in [0.25, 0.3) is 0 Å². The van der Waals surface area contributed by atoms with E-state index in [4.69, 9.17) is 4.74 Å². The van der Waals surface area contributed by atoms with Gasteiger partial charge in [-0.15, -0.1) is 0 Å². The molecule has 3 unspecified atom stereocenters. The molecule has 2 aliphatic heterocycles. The first-order chi connectivity index (χ1) is 8.74. The minimum Gasteiger partial charge on any atom is -0.374 e. The van der Waals surface area contributed by atoms with Crippen LogP contribution in [-0.4, -0.2) is 62.9 Å². The van der Waals surface area contributed by atoms with Crippen molar-refractivity contribution >= 4 is 0 Å². The predicted octanol–water partition coefficient (Wildman–Crippen LogP) is 0.827. The summed E-state index contributed by atoms with van der Waals surface area (Å²) in [6.07, 6.45) is 5.68. The van der Waals surface area contributed by atoms with Crippen LogP contribution in [0.1, 0.15) is 32.6 Å². The van der Waals surface area contributed by atoms with Crippen molar-refractivity contribution in [2.24, 2.45) is 0 Å².